The minimum Gasteiger partial charge on any atom is -0.481 e. The van der Waals surface area contributed by atoms with E-state index in [-0.39, 0.29) is 11.9 Å². The maximum absolute atomic E-state index is 12.5. The second-order valence-electron chi connectivity index (χ2n) is 6.11. The van der Waals surface area contributed by atoms with Crippen molar-refractivity contribution >= 4 is 17.5 Å². The molecule has 1 aliphatic rings. The zero-order chi connectivity index (χ0) is 16.2. The number of rotatable bonds is 3. The van der Waals surface area contributed by atoms with Crippen LogP contribution in [0.15, 0.2) is 30.6 Å². The average Bonchev–Trinajstić information content (AvgIpc) is 2.93. The molecule has 1 amide bonds. The lowest BCUT2D eigenvalue weighted by atomic mass is 9.86. The molecule has 6 nitrogen and oxygen atoms in total. The maximum Gasteiger partial charge on any atom is 0.308 e. The molecule has 2 N–H and O–H groups in total. The van der Waals surface area contributed by atoms with Gasteiger partial charge >= 0.3 is 5.97 Å². The number of hydrogen-bond donors (Lipinski definition) is 2. The Morgan fingerprint density at radius 3 is 2.70 bits per heavy atom. The van der Waals surface area contributed by atoms with E-state index in [0.717, 1.165) is 25.7 Å². The Morgan fingerprint density at radius 2 is 1.96 bits per heavy atom. The maximum atomic E-state index is 12.5. The van der Waals surface area contributed by atoms with Crippen molar-refractivity contribution in [2.45, 2.75) is 44.6 Å². The molecule has 1 fully saturated rings. The lowest BCUT2D eigenvalue weighted by Gasteiger charge is -2.26. The summed E-state index contributed by atoms with van der Waals surface area (Å²) in [6.45, 7) is 0. The summed E-state index contributed by atoms with van der Waals surface area (Å²) in [4.78, 5) is 28.3. The van der Waals surface area contributed by atoms with Crippen molar-refractivity contribution in [3.63, 3.8) is 0 Å². The number of aliphatic carboxylic acids is 1. The highest BCUT2D eigenvalue weighted by molar-refractivity contribution is 5.93. The van der Waals surface area contributed by atoms with Crippen molar-refractivity contribution in [1.29, 1.82) is 0 Å². The first kappa shape index (κ1) is 15.5. The monoisotopic (exact) mass is 315 g/mol. The van der Waals surface area contributed by atoms with Crippen LogP contribution in [0.25, 0.3) is 5.65 Å². The highest BCUT2D eigenvalue weighted by Gasteiger charge is 2.30. The quantitative estimate of drug-likeness (QED) is 0.911. The second kappa shape index (κ2) is 6.81. The van der Waals surface area contributed by atoms with Crippen LogP contribution in [0.5, 0.6) is 0 Å². The number of carboxylic acid groups (broad SMARTS) is 1. The van der Waals surface area contributed by atoms with Crippen molar-refractivity contribution in [3.05, 3.63) is 36.3 Å². The van der Waals surface area contributed by atoms with Crippen LogP contribution in [-0.4, -0.2) is 32.4 Å². The van der Waals surface area contributed by atoms with Gasteiger partial charge in [-0.05, 0) is 25.0 Å². The molecule has 122 valence electrons. The molecular formula is C17H21N3O3. The Labute approximate surface area is 134 Å². The Balaban J connectivity index is 1.76. The van der Waals surface area contributed by atoms with E-state index in [0.29, 0.717) is 24.2 Å². The first-order valence-electron chi connectivity index (χ1n) is 8.12. The van der Waals surface area contributed by atoms with Crippen molar-refractivity contribution < 1.29 is 14.7 Å². The highest BCUT2D eigenvalue weighted by Crippen LogP contribution is 2.23. The molecule has 2 heterocycles. The van der Waals surface area contributed by atoms with Gasteiger partial charge in [0.25, 0.3) is 5.91 Å². The van der Waals surface area contributed by atoms with Gasteiger partial charge in [-0.1, -0.05) is 31.7 Å². The summed E-state index contributed by atoms with van der Waals surface area (Å²) in [6.07, 6.45) is 8.82. The van der Waals surface area contributed by atoms with Crippen LogP contribution in [-0.2, 0) is 4.79 Å². The van der Waals surface area contributed by atoms with Gasteiger partial charge in [-0.15, -0.1) is 0 Å². The number of nitrogens with zero attached hydrogens (tertiary/aromatic N) is 2. The number of fused-ring (bicyclic) bond motifs is 1. The van der Waals surface area contributed by atoms with Gasteiger partial charge in [0, 0.05) is 18.4 Å². The molecule has 0 saturated heterocycles. The number of imidazole rings is 1. The van der Waals surface area contributed by atoms with Gasteiger partial charge in [0.15, 0.2) is 0 Å². The normalized spacial score (nSPS) is 22.3. The number of nitrogens with one attached hydrogen (secondary N) is 1. The number of aromatic nitrogens is 2. The molecule has 2 aromatic rings. The van der Waals surface area contributed by atoms with E-state index in [2.05, 4.69) is 10.3 Å². The Morgan fingerprint density at radius 1 is 1.17 bits per heavy atom. The highest BCUT2D eigenvalue weighted by atomic mass is 16.4. The van der Waals surface area contributed by atoms with Gasteiger partial charge in [-0.2, -0.15) is 0 Å². The lowest BCUT2D eigenvalue weighted by Crippen LogP contribution is -2.44. The predicted octanol–water partition coefficient (Wildman–Crippen LogP) is 2.49. The van der Waals surface area contributed by atoms with Crippen molar-refractivity contribution in [2.75, 3.05) is 0 Å². The minimum atomic E-state index is -0.827. The molecule has 2 aromatic heterocycles. The van der Waals surface area contributed by atoms with Crippen molar-refractivity contribution in [2.24, 2.45) is 5.92 Å². The van der Waals surface area contributed by atoms with Crippen LogP contribution in [0.2, 0.25) is 0 Å². The topological polar surface area (TPSA) is 83.7 Å². The van der Waals surface area contributed by atoms with Crippen molar-refractivity contribution in [3.8, 4) is 0 Å². The van der Waals surface area contributed by atoms with Gasteiger partial charge in [-0.3, -0.25) is 9.59 Å². The van der Waals surface area contributed by atoms with E-state index in [1.54, 1.807) is 10.6 Å². The predicted molar refractivity (Wildman–Crippen MR) is 85.3 cm³/mol. The smallest absolute Gasteiger partial charge is 0.308 e. The number of hydrogen-bond acceptors (Lipinski definition) is 3. The Hall–Kier alpha value is -2.37. The number of amides is 1. The molecule has 0 aliphatic heterocycles. The van der Waals surface area contributed by atoms with Crippen LogP contribution in [0, 0.1) is 5.92 Å². The number of pyridine rings is 1. The molecule has 23 heavy (non-hydrogen) atoms. The van der Waals surface area contributed by atoms with Crippen LogP contribution >= 0.6 is 0 Å². The van der Waals surface area contributed by atoms with E-state index in [9.17, 15) is 14.7 Å². The molecule has 6 heteroatoms. The second-order valence-corrected chi connectivity index (χ2v) is 6.11. The third-order valence-electron chi connectivity index (χ3n) is 4.50. The van der Waals surface area contributed by atoms with E-state index in [1.165, 1.54) is 0 Å². The summed E-state index contributed by atoms with van der Waals surface area (Å²) in [5.74, 6) is -1.64. The van der Waals surface area contributed by atoms with Crippen molar-refractivity contribution in [1.82, 2.24) is 14.7 Å². The van der Waals surface area contributed by atoms with E-state index >= 15 is 0 Å². The summed E-state index contributed by atoms with van der Waals surface area (Å²) in [5, 5.41) is 12.4. The number of carboxylic acids is 1. The number of carbonyl (C=O) groups excluding carboxylic acids is 1. The molecule has 1 saturated carbocycles. The molecule has 0 bridgehead atoms. The third-order valence-corrected chi connectivity index (χ3v) is 4.50. The van der Waals surface area contributed by atoms with Gasteiger partial charge in [0.2, 0.25) is 0 Å². The summed E-state index contributed by atoms with van der Waals surface area (Å²) in [5.41, 5.74) is 1.02. The molecule has 3 rings (SSSR count). The Kier molecular flexibility index (Phi) is 4.60. The third kappa shape index (κ3) is 3.52. The lowest BCUT2D eigenvalue weighted by molar-refractivity contribution is -0.143. The average molecular weight is 315 g/mol. The van der Waals surface area contributed by atoms with Gasteiger partial charge in [-0.25, -0.2) is 4.98 Å². The molecule has 2 unspecified atom stereocenters. The van der Waals surface area contributed by atoms with Crippen LogP contribution < -0.4 is 5.32 Å². The van der Waals surface area contributed by atoms with Crippen LogP contribution in [0.1, 0.15) is 49.0 Å². The Bertz CT molecular complexity index is 677. The number of carbonyl (C=O) groups is 2. The molecule has 0 spiro atoms. The standard InChI is InChI=1S/C17H21N3O3/c21-16(14-11-20-10-6-5-9-15(20)18-14)19-13-8-4-2-1-3-7-12(13)17(22)23/h5-6,9-13H,1-4,7-8H2,(H,19,21)(H,22,23). The molecular weight excluding hydrogens is 294 g/mol. The molecule has 2 atom stereocenters. The van der Waals surface area contributed by atoms with Crippen LogP contribution in [0.4, 0.5) is 0 Å². The zero-order valence-corrected chi connectivity index (χ0v) is 12.9. The minimum absolute atomic E-state index is 0.300. The fraction of sp³-hybridized carbons (Fsp3) is 0.471. The largest absolute Gasteiger partial charge is 0.481 e. The first-order valence-corrected chi connectivity index (χ1v) is 8.12. The molecule has 0 aromatic carbocycles. The molecule has 1 aliphatic carbocycles. The summed E-state index contributed by atoms with van der Waals surface area (Å²) in [7, 11) is 0. The fourth-order valence-electron chi connectivity index (χ4n) is 3.24. The molecule has 0 radical (unpaired) electrons. The fourth-order valence-corrected chi connectivity index (χ4v) is 3.24. The van der Waals surface area contributed by atoms with E-state index < -0.39 is 11.9 Å². The SMILES string of the molecule is O=C(NC1CCCCCCC1C(=O)O)c1cn2ccccc2n1. The van der Waals surface area contributed by atoms with Crippen LogP contribution in [0.3, 0.4) is 0 Å². The summed E-state index contributed by atoms with van der Waals surface area (Å²) >= 11 is 0. The summed E-state index contributed by atoms with van der Waals surface area (Å²) in [6, 6.07) is 5.22. The van der Waals surface area contributed by atoms with Gasteiger partial charge in [0.1, 0.15) is 11.3 Å². The first-order chi connectivity index (χ1) is 11.1. The van der Waals surface area contributed by atoms with Gasteiger partial charge < -0.3 is 14.8 Å². The van der Waals surface area contributed by atoms with E-state index in [1.807, 2.05) is 24.4 Å². The van der Waals surface area contributed by atoms with E-state index in [4.69, 9.17) is 0 Å². The van der Waals surface area contributed by atoms with Gasteiger partial charge in [0.05, 0.1) is 5.92 Å². The summed E-state index contributed by atoms with van der Waals surface area (Å²) < 4.78 is 1.78. The zero-order valence-electron chi connectivity index (χ0n) is 12.9.